The van der Waals surface area contributed by atoms with Gasteiger partial charge in [0, 0.05) is 31.8 Å². The molecule has 0 saturated carbocycles. The van der Waals surface area contributed by atoms with Gasteiger partial charge in [-0.3, -0.25) is 9.59 Å². The van der Waals surface area contributed by atoms with Gasteiger partial charge in [-0.25, -0.2) is 18.6 Å². The van der Waals surface area contributed by atoms with E-state index in [1.807, 2.05) is 55.7 Å². The maximum Gasteiger partial charge on any atom is 0.490 e. The van der Waals surface area contributed by atoms with Gasteiger partial charge in [0.25, 0.3) is 0 Å². The lowest BCUT2D eigenvalue weighted by molar-refractivity contribution is -0.192. The molecule has 43 heavy (non-hydrogen) atoms. The van der Waals surface area contributed by atoms with E-state index in [0.717, 1.165) is 23.8 Å². The Morgan fingerprint density at radius 2 is 1.60 bits per heavy atom. The molecule has 0 fully saturated rings. The molecule has 0 aliphatic rings. The molecule has 0 radical (unpaired) electrons. The lowest BCUT2D eigenvalue weighted by atomic mass is 9.84. The highest BCUT2D eigenvalue weighted by Crippen LogP contribution is 2.39. The van der Waals surface area contributed by atoms with E-state index in [4.69, 9.17) is 20.6 Å². The van der Waals surface area contributed by atoms with Crippen molar-refractivity contribution in [1.82, 2.24) is 14.5 Å². The molecular formula is C29H33F5N4O5. The summed E-state index contributed by atoms with van der Waals surface area (Å²) in [5.41, 5.74) is 6.38. The molecule has 0 saturated heterocycles. The van der Waals surface area contributed by atoms with Gasteiger partial charge >= 0.3 is 18.1 Å². The number of aromatic nitrogens is 2. The monoisotopic (exact) mass is 612 g/mol. The smallest absolute Gasteiger partial charge is 0.480 e. The standard InChI is InChI=1S/C27H32F2N4O3.C2HF3O2/c1-17(34)33(13-12-22(30)26(35)36)24(27(2,3)4)25-31-23(20-14-19(28)10-11-21(20)29)16-32(25)15-18-8-6-5-7-9-18;3-2(4,5)1(6)7/h5-11,14,16,22,24H,12-13,15,30H2,1-4H3,(H,35,36);(H,6,7)/t22-,24-;/m0./s1. The number of carboxylic acid groups (broad SMARTS) is 2. The lowest BCUT2D eigenvalue weighted by Crippen LogP contribution is -2.44. The summed E-state index contributed by atoms with van der Waals surface area (Å²) < 4.78 is 62.2. The van der Waals surface area contributed by atoms with Crippen molar-refractivity contribution in [3.8, 4) is 11.3 Å². The first kappa shape index (κ1) is 34.9. The van der Waals surface area contributed by atoms with E-state index in [1.165, 1.54) is 6.92 Å². The van der Waals surface area contributed by atoms with E-state index < -0.39 is 47.2 Å². The molecule has 2 aromatic carbocycles. The maximum absolute atomic E-state index is 14.7. The molecular weight excluding hydrogens is 579 g/mol. The molecule has 0 spiro atoms. The summed E-state index contributed by atoms with van der Waals surface area (Å²) in [7, 11) is 0. The minimum atomic E-state index is -5.08. The van der Waals surface area contributed by atoms with Crippen LogP contribution in [0.3, 0.4) is 0 Å². The number of nitrogens with two attached hydrogens (primary N) is 1. The number of amides is 1. The predicted molar refractivity (Wildman–Crippen MR) is 147 cm³/mol. The number of hydrogen-bond acceptors (Lipinski definition) is 5. The molecule has 1 amide bonds. The van der Waals surface area contributed by atoms with Crippen molar-refractivity contribution in [1.29, 1.82) is 0 Å². The zero-order chi connectivity index (χ0) is 32.7. The molecule has 0 bridgehead atoms. The second kappa shape index (κ2) is 14.2. The Morgan fingerprint density at radius 1 is 1.02 bits per heavy atom. The van der Waals surface area contributed by atoms with Crippen LogP contribution in [0, 0.1) is 17.0 Å². The van der Waals surface area contributed by atoms with E-state index in [0.29, 0.717) is 12.4 Å². The third-order valence-corrected chi connectivity index (χ3v) is 6.23. The summed E-state index contributed by atoms with van der Waals surface area (Å²) in [4.78, 5) is 39.3. The maximum atomic E-state index is 14.7. The summed E-state index contributed by atoms with van der Waals surface area (Å²) in [5.74, 6) is -4.92. The Hall–Kier alpha value is -4.33. The van der Waals surface area contributed by atoms with E-state index in [1.54, 1.807) is 11.1 Å². The number of aliphatic carboxylic acids is 2. The molecule has 1 heterocycles. The molecule has 2 atom stereocenters. The van der Waals surface area contributed by atoms with E-state index in [-0.39, 0.29) is 30.1 Å². The number of carbonyl (C=O) groups is 3. The van der Waals surface area contributed by atoms with Gasteiger partial charge in [-0.05, 0) is 35.6 Å². The van der Waals surface area contributed by atoms with Crippen LogP contribution < -0.4 is 5.73 Å². The Kier molecular flexibility index (Phi) is 11.5. The first-order valence-electron chi connectivity index (χ1n) is 12.9. The molecule has 3 aromatic rings. The van der Waals surface area contributed by atoms with Crippen molar-refractivity contribution < 1.29 is 46.5 Å². The topological polar surface area (TPSA) is 139 Å². The van der Waals surface area contributed by atoms with Gasteiger partial charge in [0.1, 0.15) is 23.5 Å². The van der Waals surface area contributed by atoms with Crippen molar-refractivity contribution >= 4 is 17.8 Å². The van der Waals surface area contributed by atoms with Crippen LogP contribution in [-0.4, -0.2) is 61.3 Å². The molecule has 1 aromatic heterocycles. The first-order valence-corrected chi connectivity index (χ1v) is 12.9. The molecule has 3 rings (SSSR count). The second-order valence-corrected chi connectivity index (χ2v) is 10.7. The molecule has 0 aliphatic carbocycles. The number of carbonyl (C=O) groups excluding carboxylic acids is 1. The fourth-order valence-electron chi connectivity index (χ4n) is 4.24. The van der Waals surface area contributed by atoms with Crippen molar-refractivity contribution in [3.63, 3.8) is 0 Å². The second-order valence-electron chi connectivity index (χ2n) is 10.7. The van der Waals surface area contributed by atoms with E-state index in [2.05, 4.69) is 0 Å². The van der Waals surface area contributed by atoms with Crippen LogP contribution >= 0.6 is 0 Å². The van der Waals surface area contributed by atoms with Crippen LogP contribution in [0.2, 0.25) is 0 Å². The van der Waals surface area contributed by atoms with E-state index >= 15 is 0 Å². The third-order valence-electron chi connectivity index (χ3n) is 6.23. The van der Waals surface area contributed by atoms with Crippen LogP contribution in [0.1, 0.15) is 51.5 Å². The quantitative estimate of drug-likeness (QED) is 0.281. The lowest BCUT2D eigenvalue weighted by Gasteiger charge is -2.39. The average Bonchev–Trinajstić information content (AvgIpc) is 3.29. The van der Waals surface area contributed by atoms with Gasteiger partial charge in [0.05, 0.1) is 11.7 Å². The van der Waals surface area contributed by atoms with Gasteiger partial charge in [-0.15, -0.1) is 0 Å². The normalized spacial score (nSPS) is 13.0. The summed E-state index contributed by atoms with van der Waals surface area (Å²) in [6.45, 7) is 7.69. The number of benzene rings is 2. The largest absolute Gasteiger partial charge is 0.490 e. The number of halogens is 5. The van der Waals surface area contributed by atoms with Gasteiger partial charge in [-0.2, -0.15) is 13.2 Å². The molecule has 0 aliphatic heterocycles. The molecule has 14 heteroatoms. The number of carboxylic acids is 2. The van der Waals surface area contributed by atoms with Crippen molar-refractivity contribution in [2.75, 3.05) is 6.54 Å². The third kappa shape index (κ3) is 9.87. The van der Waals surface area contributed by atoms with Crippen LogP contribution in [-0.2, 0) is 20.9 Å². The van der Waals surface area contributed by atoms with Gasteiger partial charge in [0.2, 0.25) is 5.91 Å². The minimum absolute atomic E-state index is 0.0120. The number of hydrogen-bond donors (Lipinski definition) is 3. The van der Waals surface area contributed by atoms with Crippen LogP contribution in [0.5, 0.6) is 0 Å². The fraction of sp³-hybridized carbons (Fsp3) is 0.379. The summed E-state index contributed by atoms with van der Waals surface area (Å²) in [6, 6.07) is 11.0. The molecule has 0 unspecified atom stereocenters. The Labute approximate surface area is 244 Å². The highest BCUT2D eigenvalue weighted by molar-refractivity contribution is 5.75. The van der Waals surface area contributed by atoms with Gasteiger partial charge in [0.15, 0.2) is 0 Å². The highest BCUT2D eigenvalue weighted by atomic mass is 19.4. The molecule has 234 valence electrons. The van der Waals surface area contributed by atoms with Crippen LogP contribution in [0.4, 0.5) is 22.0 Å². The number of alkyl halides is 3. The zero-order valence-corrected chi connectivity index (χ0v) is 23.9. The number of rotatable bonds is 9. The zero-order valence-electron chi connectivity index (χ0n) is 23.9. The predicted octanol–water partition coefficient (Wildman–Crippen LogP) is 5.25. The number of nitrogens with zero attached hydrogens (tertiary/aromatic N) is 3. The molecule has 4 N–H and O–H groups in total. The molecule has 9 nitrogen and oxygen atoms in total. The van der Waals surface area contributed by atoms with Crippen LogP contribution in [0.25, 0.3) is 11.3 Å². The fourth-order valence-corrected chi connectivity index (χ4v) is 4.24. The Balaban J connectivity index is 0.000000821. The van der Waals surface area contributed by atoms with Crippen molar-refractivity contribution in [2.24, 2.45) is 11.1 Å². The van der Waals surface area contributed by atoms with Crippen LogP contribution in [0.15, 0.2) is 54.7 Å². The van der Waals surface area contributed by atoms with Crippen molar-refractivity contribution in [3.05, 3.63) is 77.8 Å². The first-order chi connectivity index (χ1) is 19.8. The summed E-state index contributed by atoms with van der Waals surface area (Å²) >= 11 is 0. The Bertz CT molecular complexity index is 1420. The summed E-state index contributed by atoms with van der Waals surface area (Å²) in [5, 5.41) is 16.3. The Morgan fingerprint density at radius 3 is 2.09 bits per heavy atom. The van der Waals surface area contributed by atoms with E-state index in [9.17, 15) is 36.6 Å². The number of imidazole rings is 1. The van der Waals surface area contributed by atoms with Gasteiger partial charge < -0.3 is 25.4 Å². The van der Waals surface area contributed by atoms with Gasteiger partial charge in [-0.1, -0.05) is 51.1 Å². The van der Waals surface area contributed by atoms with Crippen molar-refractivity contribution in [2.45, 2.75) is 58.9 Å². The highest BCUT2D eigenvalue weighted by Gasteiger charge is 2.39. The SMILES string of the molecule is CC(=O)N(CC[C@H](N)C(=O)O)[C@@H](c1nc(-c2cc(F)ccc2F)cn1Cc1ccccc1)C(C)(C)C.O=C(O)C(F)(F)F. The summed E-state index contributed by atoms with van der Waals surface area (Å²) in [6.07, 6.45) is -3.38. The average molecular weight is 613 g/mol. The minimum Gasteiger partial charge on any atom is -0.480 e.